The molecule has 1 aliphatic rings. The first-order chi connectivity index (χ1) is 6.45. The summed E-state index contributed by atoms with van der Waals surface area (Å²) in [5, 5.41) is 3.22. The van der Waals surface area contributed by atoms with Crippen LogP contribution in [-0.2, 0) is 0 Å². The van der Waals surface area contributed by atoms with Crippen LogP contribution >= 0.6 is 0 Å². The van der Waals surface area contributed by atoms with E-state index in [1.54, 1.807) is 12.5 Å². The Kier molecular flexibility index (Phi) is 1.34. The Hall–Kier alpha value is -1.49. The SMILES string of the molecule is c1ncc2ncn(C3CNC3)c2n1. The molecule has 3 heterocycles. The van der Waals surface area contributed by atoms with Crippen LogP contribution in [0.5, 0.6) is 0 Å². The molecule has 13 heavy (non-hydrogen) atoms. The standard InChI is InChI=1S/C8H9N5/c1-6(2-9-1)13-5-12-7-3-10-4-11-8(7)13/h3-6,9H,1-2H2. The highest BCUT2D eigenvalue weighted by Gasteiger charge is 2.20. The predicted octanol–water partition coefficient (Wildman–Crippen LogP) is -0.0294. The van der Waals surface area contributed by atoms with Crippen LogP contribution in [0.2, 0.25) is 0 Å². The van der Waals surface area contributed by atoms with Gasteiger partial charge in [0, 0.05) is 13.1 Å². The summed E-state index contributed by atoms with van der Waals surface area (Å²) in [6.45, 7) is 2.02. The second-order valence-corrected chi connectivity index (χ2v) is 3.20. The van der Waals surface area contributed by atoms with E-state index >= 15 is 0 Å². The van der Waals surface area contributed by atoms with Gasteiger partial charge in [0.15, 0.2) is 5.65 Å². The quantitative estimate of drug-likeness (QED) is 0.661. The third kappa shape index (κ3) is 0.936. The number of nitrogens with one attached hydrogen (secondary N) is 1. The predicted molar refractivity (Wildman–Crippen MR) is 47.2 cm³/mol. The van der Waals surface area contributed by atoms with Gasteiger partial charge in [0.05, 0.1) is 18.6 Å². The first-order valence-corrected chi connectivity index (χ1v) is 4.28. The van der Waals surface area contributed by atoms with Gasteiger partial charge in [-0.3, -0.25) is 0 Å². The minimum absolute atomic E-state index is 0.514. The average Bonchev–Trinajstić information content (AvgIpc) is 2.47. The highest BCUT2D eigenvalue weighted by molar-refractivity contribution is 5.69. The van der Waals surface area contributed by atoms with Gasteiger partial charge < -0.3 is 9.88 Å². The van der Waals surface area contributed by atoms with Crippen LogP contribution in [0.25, 0.3) is 11.2 Å². The van der Waals surface area contributed by atoms with E-state index in [9.17, 15) is 0 Å². The van der Waals surface area contributed by atoms with Crippen molar-refractivity contribution < 1.29 is 0 Å². The van der Waals surface area contributed by atoms with Crippen LogP contribution in [0, 0.1) is 0 Å². The van der Waals surface area contributed by atoms with Crippen LogP contribution < -0.4 is 5.32 Å². The van der Waals surface area contributed by atoms with Gasteiger partial charge in [-0.2, -0.15) is 0 Å². The van der Waals surface area contributed by atoms with E-state index in [2.05, 4.69) is 24.8 Å². The van der Waals surface area contributed by atoms with Crippen LogP contribution in [0.15, 0.2) is 18.9 Å². The number of aromatic nitrogens is 4. The fourth-order valence-corrected chi connectivity index (χ4v) is 1.52. The molecule has 5 nitrogen and oxygen atoms in total. The topological polar surface area (TPSA) is 55.6 Å². The number of fused-ring (bicyclic) bond motifs is 1. The number of imidazole rings is 1. The molecular formula is C8H9N5. The molecule has 1 aliphatic heterocycles. The lowest BCUT2D eigenvalue weighted by molar-refractivity contribution is 0.349. The highest BCUT2D eigenvalue weighted by Crippen LogP contribution is 2.17. The molecule has 0 aliphatic carbocycles. The Balaban J connectivity index is 2.17. The monoisotopic (exact) mass is 175 g/mol. The molecule has 66 valence electrons. The lowest BCUT2D eigenvalue weighted by atomic mass is 10.2. The lowest BCUT2D eigenvalue weighted by Crippen LogP contribution is -2.43. The van der Waals surface area contributed by atoms with E-state index in [0.29, 0.717) is 6.04 Å². The molecule has 0 spiro atoms. The second kappa shape index (κ2) is 2.50. The zero-order valence-electron chi connectivity index (χ0n) is 7.01. The van der Waals surface area contributed by atoms with E-state index in [-0.39, 0.29) is 0 Å². The maximum atomic E-state index is 4.23. The average molecular weight is 175 g/mol. The van der Waals surface area contributed by atoms with E-state index in [1.807, 2.05) is 6.33 Å². The third-order valence-electron chi connectivity index (χ3n) is 2.39. The summed E-state index contributed by atoms with van der Waals surface area (Å²) >= 11 is 0. The van der Waals surface area contributed by atoms with Crippen LogP contribution in [-0.4, -0.2) is 32.6 Å². The Morgan fingerprint density at radius 2 is 2.31 bits per heavy atom. The van der Waals surface area contributed by atoms with Crippen LogP contribution in [0.3, 0.4) is 0 Å². The molecule has 1 saturated heterocycles. The smallest absolute Gasteiger partial charge is 0.163 e. The molecule has 5 heteroatoms. The molecule has 0 aromatic carbocycles. The van der Waals surface area contributed by atoms with Crippen molar-refractivity contribution in [3.05, 3.63) is 18.9 Å². The van der Waals surface area contributed by atoms with Crippen molar-refractivity contribution in [2.45, 2.75) is 6.04 Å². The molecular weight excluding hydrogens is 166 g/mol. The van der Waals surface area contributed by atoms with E-state index in [4.69, 9.17) is 0 Å². The maximum Gasteiger partial charge on any atom is 0.163 e. The van der Waals surface area contributed by atoms with Crippen molar-refractivity contribution in [1.29, 1.82) is 0 Å². The maximum absolute atomic E-state index is 4.23. The molecule has 0 radical (unpaired) electrons. The first kappa shape index (κ1) is 6.97. The van der Waals surface area contributed by atoms with Crippen molar-refractivity contribution >= 4 is 11.2 Å². The van der Waals surface area contributed by atoms with Gasteiger partial charge in [0.25, 0.3) is 0 Å². The summed E-state index contributed by atoms with van der Waals surface area (Å²) in [5.41, 5.74) is 1.80. The van der Waals surface area contributed by atoms with Crippen LogP contribution in [0.1, 0.15) is 6.04 Å². The van der Waals surface area contributed by atoms with Crippen molar-refractivity contribution in [1.82, 2.24) is 24.8 Å². The summed E-state index contributed by atoms with van der Waals surface area (Å²) in [4.78, 5) is 12.4. The first-order valence-electron chi connectivity index (χ1n) is 4.28. The zero-order chi connectivity index (χ0) is 8.67. The van der Waals surface area contributed by atoms with E-state index in [0.717, 1.165) is 24.3 Å². The highest BCUT2D eigenvalue weighted by atomic mass is 15.2. The summed E-state index contributed by atoms with van der Waals surface area (Å²) < 4.78 is 2.10. The largest absolute Gasteiger partial charge is 0.313 e. The molecule has 2 aromatic rings. The van der Waals surface area contributed by atoms with Gasteiger partial charge in [-0.1, -0.05) is 0 Å². The molecule has 0 amide bonds. The Bertz CT molecular complexity index is 431. The summed E-state index contributed by atoms with van der Waals surface area (Å²) in [7, 11) is 0. The Morgan fingerprint density at radius 1 is 1.38 bits per heavy atom. The third-order valence-corrected chi connectivity index (χ3v) is 2.39. The molecule has 2 aromatic heterocycles. The van der Waals surface area contributed by atoms with Gasteiger partial charge >= 0.3 is 0 Å². The van der Waals surface area contributed by atoms with Crippen molar-refractivity contribution in [2.24, 2.45) is 0 Å². The Labute approximate surface area is 74.8 Å². The number of nitrogens with zero attached hydrogens (tertiary/aromatic N) is 4. The number of rotatable bonds is 1. The molecule has 0 atom stereocenters. The minimum atomic E-state index is 0.514. The lowest BCUT2D eigenvalue weighted by Gasteiger charge is -2.28. The Morgan fingerprint density at radius 3 is 3.08 bits per heavy atom. The summed E-state index contributed by atoms with van der Waals surface area (Å²) in [6, 6.07) is 0.514. The molecule has 1 fully saturated rings. The second-order valence-electron chi connectivity index (χ2n) is 3.20. The number of hydrogen-bond acceptors (Lipinski definition) is 4. The molecule has 0 bridgehead atoms. The van der Waals surface area contributed by atoms with Crippen molar-refractivity contribution in [3.8, 4) is 0 Å². The van der Waals surface area contributed by atoms with Gasteiger partial charge in [-0.15, -0.1) is 0 Å². The van der Waals surface area contributed by atoms with Gasteiger partial charge in [-0.05, 0) is 0 Å². The molecule has 3 rings (SSSR count). The minimum Gasteiger partial charge on any atom is -0.313 e. The van der Waals surface area contributed by atoms with E-state index < -0.39 is 0 Å². The van der Waals surface area contributed by atoms with Crippen molar-refractivity contribution in [3.63, 3.8) is 0 Å². The van der Waals surface area contributed by atoms with Gasteiger partial charge in [0.2, 0.25) is 0 Å². The zero-order valence-corrected chi connectivity index (χ0v) is 7.01. The summed E-state index contributed by atoms with van der Waals surface area (Å²) in [5.74, 6) is 0. The van der Waals surface area contributed by atoms with Crippen molar-refractivity contribution in [2.75, 3.05) is 13.1 Å². The normalized spacial score (nSPS) is 17.5. The summed E-state index contributed by atoms with van der Waals surface area (Å²) in [6.07, 6.45) is 5.14. The molecule has 0 saturated carbocycles. The fourth-order valence-electron chi connectivity index (χ4n) is 1.52. The van der Waals surface area contributed by atoms with Gasteiger partial charge in [0.1, 0.15) is 11.8 Å². The molecule has 0 unspecified atom stereocenters. The fraction of sp³-hybridized carbons (Fsp3) is 0.375. The number of hydrogen-bond donors (Lipinski definition) is 1. The molecule has 1 N–H and O–H groups in total. The van der Waals surface area contributed by atoms with Crippen LogP contribution in [0.4, 0.5) is 0 Å². The van der Waals surface area contributed by atoms with E-state index in [1.165, 1.54) is 0 Å². The van der Waals surface area contributed by atoms with Gasteiger partial charge in [-0.25, -0.2) is 15.0 Å².